The van der Waals surface area contributed by atoms with Gasteiger partial charge in [-0.3, -0.25) is 14.9 Å². The summed E-state index contributed by atoms with van der Waals surface area (Å²) in [6, 6.07) is 12.0. The van der Waals surface area contributed by atoms with Gasteiger partial charge >= 0.3 is 6.03 Å². The summed E-state index contributed by atoms with van der Waals surface area (Å²) in [5.41, 5.74) is 0.618. The Labute approximate surface area is 166 Å². The minimum atomic E-state index is -0.475. The van der Waals surface area contributed by atoms with E-state index in [1.807, 2.05) is 20.8 Å². The van der Waals surface area contributed by atoms with Crippen LogP contribution in [0.25, 0.3) is 0 Å². The van der Waals surface area contributed by atoms with E-state index < -0.39 is 11.9 Å². The number of anilines is 3. The first-order chi connectivity index (χ1) is 13.7. The van der Waals surface area contributed by atoms with E-state index in [0.717, 1.165) is 0 Å². The standard InChI is InChI=1S/C20H21N5O4/c1-20(2,3)15-11-16(25-29-15)24-19(28)22-13-9-7-12(8-10-13)21-18(27)14-5-4-6-17(26)23-14/h4-11H,1-3H3,(H,21,27)(H,23,26)(H2,22,24,25,28). The predicted molar refractivity (Wildman–Crippen MR) is 109 cm³/mol. The summed E-state index contributed by atoms with van der Waals surface area (Å²) in [4.78, 5) is 38.0. The molecule has 0 bridgehead atoms. The summed E-state index contributed by atoms with van der Waals surface area (Å²) in [6.07, 6.45) is 0. The smallest absolute Gasteiger partial charge is 0.324 e. The number of benzene rings is 1. The van der Waals surface area contributed by atoms with Crippen molar-refractivity contribution in [2.24, 2.45) is 0 Å². The van der Waals surface area contributed by atoms with E-state index >= 15 is 0 Å². The van der Waals surface area contributed by atoms with E-state index in [4.69, 9.17) is 4.52 Å². The zero-order chi connectivity index (χ0) is 21.0. The van der Waals surface area contributed by atoms with Crippen molar-refractivity contribution < 1.29 is 14.1 Å². The van der Waals surface area contributed by atoms with Gasteiger partial charge in [-0.05, 0) is 30.3 Å². The van der Waals surface area contributed by atoms with Crippen molar-refractivity contribution in [2.75, 3.05) is 16.0 Å². The molecule has 150 valence electrons. The van der Waals surface area contributed by atoms with E-state index in [2.05, 4.69) is 26.1 Å². The number of H-pyrrole nitrogens is 1. The lowest BCUT2D eigenvalue weighted by atomic mass is 9.93. The Morgan fingerprint density at radius 2 is 1.62 bits per heavy atom. The second kappa shape index (κ2) is 8.01. The zero-order valence-electron chi connectivity index (χ0n) is 16.2. The van der Waals surface area contributed by atoms with Gasteiger partial charge in [0, 0.05) is 28.9 Å². The summed E-state index contributed by atoms with van der Waals surface area (Å²) < 4.78 is 5.22. The number of hydrogen-bond donors (Lipinski definition) is 4. The van der Waals surface area contributed by atoms with Crippen LogP contribution in [0, 0.1) is 0 Å². The lowest BCUT2D eigenvalue weighted by Gasteiger charge is -2.12. The Kier molecular flexibility index (Phi) is 5.49. The van der Waals surface area contributed by atoms with Gasteiger partial charge in [-0.15, -0.1) is 0 Å². The van der Waals surface area contributed by atoms with Crippen molar-refractivity contribution in [1.82, 2.24) is 10.1 Å². The molecule has 3 aromatic rings. The van der Waals surface area contributed by atoms with Crippen LogP contribution in [0.5, 0.6) is 0 Å². The van der Waals surface area contributed by atoms with Crippen molar-refractivity contribution in [3.63, 3.8) is 0 Å². The summed E-state index contributed by atoms with van der Waals surface area (Å²) in [5.74, 6) is 0.530. The second-order valence-corrected chi connectivity index (χ2v) is 7.37. The molecule has 0 fully saturated rings. The Hall–Kier alpha value is -3.88. The van der Waals surface area contributed by atoms with Gasteiger partial charge in [-0.1, -0.05) is 32.0 Å². The van der Waals surface area contributed by atoms with E-state index in [0.29, 0.717) is 23.0 Å². The molecule has 1 aromatic carbocycles. The van der Waals surface area contributed by atoms with Crippen LogP contribution in [0.4, 0.5) is 22.0 Å². The second-order valence-electron chi connectivity index (χ2n) is 7.37. The SMILES string of the molecule is CC(C)(C)c1cc(NC(=O)Nc2ccc(NC(=O)c3cccc(=O)[nH]3)cc2)no1. The highest BCUT2D eigenvalue weighted by Gasteiger charge is 2.20. The maximum absolute atomic E-state index is 12.1. The van der Waals surface area contributed by atoms with E-state index in [9.17, 15) is 14.4 Å². The molecule has 0 unspecified atom stereocenters. The van der Waals surface area contributed by atoms with Gasteiger partial charge < -0.3 is 20.1 Å². The minimum absolute atomic E-state index is 0.154. The Balaban J connectivity index is 1.57. The van der Waals surface area contributed by atoms with Gasteiger partial charge in [-0.25, -0.2) is 4.79 Å². The topological polar surface area (TPSA) is 129 Å². The molecule has 0 radical (unpaired) electrons. The molecule has 9 heteroatoms. The van der Waals surface area contributed by atoms with Crippen molar-refractivity contribution in [3.8, 4) is 0 Å². The molecule has 2 aromatic heterocycles. The summed E-state index contributed by atoms with van der Waals surface area (Å²) in [7, 11) is 0. The normalized spacial score (nSPS) is 11.0. The molecule has 0 aliphatic rings. The maximum atomic E-state index is 12.1. The lowest BCUT2D eigenvalue weighted by molar-refractivity contribution is 0.102. The molecule has 9 nitrogen and oxygen atoms in total. The third-order valence-corrected chi connectivity index (χ3v) is 3.90. The number of nitrogens with one attached hydrogen (secondary N) is 4. The fourth-order valence-electron chi connectivity index (χ4n) is 2.38. The Morgan fingerprint density at radius 1 is 0.966 bits per heavy atom. The van der Waals surface area contributed by atoms with Crippen molar-refractivity contribution in [2.45, 2.75) is 26.2 Å². The number of carbonyl (C=O) groups is 2. The predicted octanol–water partition coefficient (Wildman–Crippen LogP) is 3.56. The van der Waals surface area contributed by atoms with Crippen LogP contribution in [0.2, 0.25) is 0 Å². The number of rotatable bonds is 4. The van der Waals surface area contributed by atoms with Crippen LogP contribution in [-0.2, 0) is 5.41 Å². The largest absolute Gasteiger partial charge is 0.359 e. The highest BCUT2D eigenvalue weighted by Crippen LogP contribution is 2.24. The molecule has 0 saturated heterocycles. The number of aromatic nitrogens is 2. The monoisotopic (exact) mass is 395 g/mol. The third kappa shape index (κ3) is 5.32. The third-order valence-electron chi connectivity index (χ3n) is 3.90. The number of amides is 3. The van der Waals surface area contributed by atoms with Crippen molar-refractivity contribution in [3.05, 3.63) is 70.3 Å². The van der Waals surface area contributed by atoms with Crippen LogP contribution < -0.4 is 21.5 Å². The fraction of sp³-hybridized carbons (Fsp3) is 0.200. The molecular weight excluding hydrogens is 374 g/mol. The average molecular weight is 395 g/mol. The number of aromatic amines is 1. The van der Waals surface area contributed by atoms with Crippen LogP contribution in [0.1, 0.15) is 37.0 Å². The summed E-state index contributed by atoms with van der Waals surface area (Å²) in [5, 5.41) is 11.8. The lowest BCUT2D eigenvalue weighted by Crippen LogP contribution is -2.20. The Bertz CT molecular complexity index is 1080. The van der Waals surface area contributed by atoms with Gasteiger partial charge in [0.2, 0.25) is 5.56 Å². The van der Waals surface area contributed by atoms with Crippen LogP contribution >= 0.6 is 0 Å². The minimum Gasteiger partial charge on any atom is -0.359 e. The molecule has 0 aliphatic carbocycles. The first-order valence-corrected chi connectivity index (χ1v) is 8.87. The molecule has 0 aliphatic heterocycles. The maximum Gasteiger partial charge on any atom is 0.324 e. The molecule has 2 heterocycles. The van der Waals surface area contributed by atoms with Crippen LogP contribution in [-0.4, -0.2) is 22.1 Å². The molecule has 29 heavy (non-hydrogen) atoms. The fourth-order valence-corrected chi connectivity index (χ4v) is 2.38. The first kappa shape index (κ1) is 19.9. The van der Waals surface area contributed by atoms with E-state index in [1.54, 1.807) is 30.3 Å². The first-order valence-electron chi connectivity index (χ1n) is 8.87. The zero-order valence-corrected chi connectivity index (χ0v) is 16.2. The molecular formula is C20H21N5O4. The van der Waals surface area contributed by atoms with Gasteiger partial charge in [0.1, 0.15) is 11.5 Å². The number of hydrogen-bond acceptors (Lipinski definition) is 5. The van der Waals surface area contributed by atoms with Gasteiger partial charge in [0.15, 0.2) is 5.82 Å². The van der Waals surface area contributed by atoms with Gasteiger partial charge in [0.25, 0.3) is 5.91 Å². The molecule has 3 amide bonds. The summed E-state index contributed by atoms with van der Waals surface area (Å²) >= 11 is 0. The van der Waals surface area contributed by atoms with Gasteiger partial charge in [0.05, 0.1) is 0 Å². The van der Waals surface area contributed by atoms with E-state index in [-0.39, 0.29) is 16.7 Å². The number of nitrogens with zero attached hydrogens (tertiary/aromatic N) is 1. The highest BCUT2D eigenvalue weighted by molar-refractivity contribution is 6.03. The number of pyridine rings is 1. The number of carbonyl (C=O) groups excluding carboxylic acids is 2. The molecule has 0 spiro atoms. The summed E-state index contributed by atoms with van der Waals surface area (Å²) in [6.45, 7) is 5.94. The van der Waals surface area contributed by atoms with Crippen molar-refractivity contribution in [1.29, 1.82) is 0 Å². The Morgan fingerprint density at radius 3 is 2.21 bits per heavy atom. The van der Waals surface area contributed by atoms with E-state index in [1.165, 1.54) is 18.2 Å². The van der Waals surface area contributed by atoms with Crippen LogP contribution in [0.15, 0.2) is 57.8 Å². The quantitative estimate of drug-likeness (QED) is 0.537. The average Bonchev–Trinajstić information content (AvgIpc) is 3.12. The van der Waals surface area contributed by atoms with Crippen molar-refractivity contribution >= 4 is 29.1 Å². The van der Waals surface area contributed by atoms with Crippen LogP contribution in [0.3, 0.4) is 0 Å². The van der Waals surface area contributed by atoms with Gasteiger partial charge in [-0.2, -0.15) is 0 Å². The molecule has 0 saturated carbocycles. The highest BCUT2D eigenvalue weighted by atomic mass is 16.5. The molecule has 4 N–H and O–H groups in total. The molecule has 3 rings (SSSR count). The molecule has 0 atom stereocenters. The number of urea groups is 1.